The fourth-order valence-corrected chi connectivity index (χ4v) is 1.14. The van der Waals surface area contributed by atoms with Gasteiger partial charge >= 0.3 is 0 Å². The molecule has 0 bridgehead atoms. The SMILES string of the molecule is CCOCCOCC(O)CNCCC(=O)NC. The summed E-state index contributed by atoms with van der Waals surface area (Å²) in [5.74, 6) is -0.0139. The standard InChI is InChI=1S/C11H24N2O4/c1-3-16-6-7-17-9-10(14)8-13-5-4-11(15)12-2/h10,13-14H,3-9H2,1-2H3,(H,12,15). The highest BCUT2D eigenvalue weighted by Gasteiger charge is 2.04. The average Bonchev–Trinajstić information content (AvgIpc) is 2.34. The van der Waals surface area contributed by atoms with Crippen LogP contribution in [0.2, 0.25) is 0 Å². The first-order valence-corrected chi connectivity index (χ1v) is 5.95. The Balaban J connectivity index is 3.23. The molecule has 6 nitrogen and oxygen atoms in total. The second-order valence-electron chi connectivity index (χ2n) is 3.55. The minimum absolute atomic E-state index is 0.0139. The third-order valence-corrected chi connectivity index (χ3v) is 2.07. The van der Waals surface area contributed by atoms with Gasteiger partial charge in [-0.1, -0.05) is 0 Å². The molecule has 0 spiro atoms. The largest absolute Gasteiger partial charge is 0.389 e. The molecule has 0 fully saturated rings. The summed E-state index contributed by atoms with van der Waals surface area (Å²) < 4.78 is 10.3. The minimum atomic E-state index is -0.554. The van der Waals surface area contributed by atoms with Crippen molar-refractivity contribution in [3.63, 3.8) is 0 Å². The molecular weight excluding hydrogens is 224 g/mol. The van der Waals surface area contributed by atoms with E-state index in [1.807, 2.05) is 6.92 Å². The van der Waals surface area contributed by atoms with Crippen LogP contribution >= 0.6 is 0 Å². The van der Waals surface area contributed by atoms with E-state index in [-0.39, 0.29) is 12.5 Å². The topological polar surface area (TPSA) is 79.8 Å². The molecule has 0 aliphatic carbocycles. The Labute approximate surface area is 103 Å². The molecule has 0 heterocycles. The lowest BCUT2D eigenvalue weighted by Gasteiger charge is -2.12. The Morgan fingerprint density at radius 2 is 2.06 bits per heavy atom. The van der Waals surface area contributed by atoms with Crippen molar-refractivity contribution in [2.45, 2.75) is 19.4 Å². The molecule has 0 saturated carbocycles. The molecule has 0 aliphatic rings. The maximum Gasteiger partial charge on any atom is 0.221 e. The highest BCUT2D eigenvalue weighted by atomic mass is 16.5. The monoisotopic (exact) mass is 248 g/mol. The van der Waals surface area contributed by atoms with Gasteiger partial charge in [0.15, 0.2) is 0 Å². The maximum absolute atomic E-state index is 10.9. The van der Waals surface area contributed by atoms with Crippen LogP contribution in [-0.4, -0.2) is 63.7 Å². The lowest BCUT2D eigenvalue weighted by atomic mass is 10.3. The zero-order chi connectivity index (χ0) is 12.9. The van der Waals surface area contributed by atoms with Crippen molar-refractivity contribution in [1.82, 2.24) is 10.6 Å². The van der Waals surface area contributed by atoms with Crippen LogP contribution in [0.15, 0.2) is 0 Å². The molecule has 0 radical (unpaired) electrons. The summed E-state index contributed by atoms with van der Waals surface area (Å²) in [7, 11) is 1.60. The van der Waals surface area contributed by atoms with E-state index < -0.39 is 6.10 Å². The smallest absolute Gasteiger partial charge is 0.221 e. The van der Waals surface area contributed by atoms with Crippen LogP contribution in [-0.2, 0) is 14.3 Å². The summed E-state index contributed by atoms with van der Waals surface area (Å²) in [6.07, 6.45) is -0.143. The number of nitrogens with one attached hydrogen (secondary N) is 2. The van der Waals surface area contributed by atoms with Crippen LogP contribution in [0.5, 0.6) is 0 Å². The number of ether oxygens (including phenoxy) is 2. The van der Waals surface area contributed by atoms with Gasteiger partial charge in [0.2, 0.25) is 5.91 Å². The lowest BCUT2D eigenvalue weighted by molar-refractivity contribution is -0.120. The molecule has 0 aromatic carbocycles. The second kappa shape index (κ2) is 11.8. The molecule has 0 saturated heterocycles. The van der Waals surface area contributed by atoms with E-state index in [4.69, 9.17) is 9.47 Å². The summed E-state index contributed by atoms with van der Waals surface area (Å²) in [5.41, 5.74) is 0. The Bertz CT molecular complexity index is 190. The van der Waals surface area contributed by atoms with E-state index in [0.29, 0.717) is 39.3 Å². The molecule has 17 heavy (non-hydrogen) atoms. The minimum Gasteiger partial charge on any atom is -0.389 e. The van der Waals surface area contributed by atoms with Crippen molar-refractivity contribution < 1.29 is 19.4 Å². The summed E-state index contributed by atoms with van der Waals surface area (Å²) in [6.45, 7) is 4.88. The molecule has 0 aliphatic heterocycles. The Hall–Kier alpha value is -0.690. The first-order valence-electron chi connectivity index (χ1n) is 5.95. The second-order valence-corrected chi connectivity index (χ2v) is 3.55. The van der Waals surface area contributed by atoms with Gasteiger partial charge in [-0.05, 0) is 6.92 Å². The van der Waals surface area contributed by atoms with Gasteiger partial charge in [-0.3, -0.25) is 4.79 Å². The molecule has 0 aromatic heterocycles. The van der Waals surface area contributed by atoms with Gasteiger partial charge in [0.25, 0.3) is 0 Å². The van der Waals surface area contributed by atoms with Crippen LogP contribution in [0.3, 0.4) is 0 Å². The van der Waals surface area contributed by atoms with Gasteiger partial charge in [-0.2, -0.15) is 0 Å². The van der Waals surface area contributed by atoms with E-state index >= 15 is 0 Å². The molecule has 1 amide bonds. The first-order chi connectivity index (χ1) is 8.20. The van der Waals surface area contributed by atoms with Gasteiger partial charge in [0.05, 0.1) is 25.9 Å². The number of amides is 1. The number of carbonyl (C=O) groups is 1. The lowest BCUT2D eigenvalue weighted by Crippen LogP contribution is -2.33. The van der Waals surface area contributed by atoms with E-state index in [0.717, 1.165) is 0 Å². The average molecular weight is 248 g/mol. The number of aliphatic hydroxyl groups is 1. The Morgan fingerprint density at radius 1 is 1.35 bits per heavy atom. The van der Waals surface area contributed by atoms with Crippen molar-refractivity contribution >= 4 is 5.91 Å². The van der Waals surface area contributed by atoms with Gasteiger partial charge < -0.3 is 25.2 Å². The third kappa shape index (κ3) is 11.6. The van der Waals surface area contributed by atoms with E-state index in [2.05, 4.69) is 10.6 Å². The highest BCUT2D eigenvalue weighted by Crippen LogP contribution is 1.85. The Kier molecular flexibility index (Phi) is 11.3. The van der Waals surface area contributed by atoms with Crippen molar-refractivity contribution in [3.05, 3.63) is 0 Å². The first kappa shape index (κ1) is 16.3. The molecule has 3 N–H and O–H groups in total. The van der Waals surface area contributed by atoms with Crippen molar-refractivity contribution in [2.24, 2.45) is 0 Å². The van der Waals surface area contributed by atoms with Crippen LogP contribution in [0.25, 0.3) is 0 Å². The predicted octanol–water partition coefficient (Wildman–Crippen LogP) is -0.874. The fourth-order valence-electron chi connectivity index (χ4n) is 1.14. The molecule has 0 rings (SSSR count). The molecule has 0 aromatic rings. The van der Waals surface area contributed by atoms with Gasteiger partial charge in [0.1, 0.15) is 0 Å². The Morgan fingerprint density at radius 3 is 2.71 bits per heavy atom. The third-order valence-electron chi connectivity index (χ3n) is 2.07. The zero-order valence-corrected chi connectivity index (χ0v) is 10.7. The number of rotatable bonds is 11. The van der Waals surface area contributed by atoms with Gasteiger partial charge in [-0.25, -0.2) is 0 Å². The van der Waals surface area contributed by atoms with E-state index in [1.54, 1.807) is 7.05 Å². The summed E-state index contributed by atoms with van der Waals surface area (Å²) in [6, 6.07) is 0. The van der Waals surface area contributed by atoms with Crippen LogP contribution < -0.4 is 10.6 Å². The molecule has 6 heteroatoms. The van der Waals surface area contributed by atoms with Crippen LogP contribution in [0.1, 0.15) is 13.3 Å². The van der Waals surface area contributed by atoms with Crippen molar-refractivity contribution in [3.8, 4) is 0 Å². The quantitative estimate of drug-likeness (QED) is 0.414. The molecular formula is C11H24N2O4. The summed E-state index contributed by atoms with van der Waals surface area (Å²) in [4.78, 5) is 10.9. The van der Waals surface area contributed by atoms with Crippen molar-refractivity contribution in [1.29, 1.82) is 0 Å². The van der Waals surface area contributed by atoms with Gasteiger partial charge in [0, 0.05) is 33.2 Å². The summed E-state index contributed by atoms with van der Waals surface area (Å²) >= 11 is 0. The highest BCUT2D eigenvalue weighted by molar-refractivity contribution is 5.75. The molecule has 1 unspecified atom stereocenters. The van der Waals surface area contributed by atoms with Gasteiger partial charge in [-0.15, -0.1) is 0 Å². The molecule has 1 atom stereocenters. The zero-order valence-electron chi connectivity index (χ0n) is 10.7. The molecule has 102 valence electrons. The number of hydrogen-bond acceptors (Lipinski definition) is 5. The van der Waals surface area contributed by atoms with Crippen LogP contribution in [0.4, 0.5) is 0 Å². The fraction of sp³-hybridized carbons (Fsp3) is 0.909. The normalized spacial score (nSPS) is 12.4. The van der Waals surface area contributed by atoms with E-state index in [9.17, 15) is 9.90 Å². The summed E-state index contributed by atoms with van der Waals surface area (Å²) in [5, 5.41) is 15.0. The number of hydrogen-bond donors (Lipinski definition) is 3. The number of carbonyl (C=O) groups excluding carboxylic acids is 1. The maximum atomic E-state index is 10.9. The predicted molar refractivity (Wildman–Crippen MR) is 64.9 cm³/mol. The number of aliphatic hydroxyl groups excluding tert-OH is 1. The van der Waals surface area contributed by atoms with Crippen LogP contribution in [0, 0.1) is 0 Å². The van der Waals surface area contributed by atoms with Crippen molar-refractivity contribution in [2.75, 3.05) is 46.6 Å². The van der Waals surface area contributed by atoms with E-state index in [1.165, 1.54) is 0 Å².